The van der Waals surface area contributed by atoms with E-state index in [0.717, 1.165) is 11.3 Å². The second-order valence-corrected chi connectivity index (χ2v) is 8.48. The lowest BCUT2D eigenvalue weighted by Gasteiger charge is -2.26. The van der Waals surface area contributed by atoms with Gasteiger partial charge in [-0.25, -0.2) is 0 Å². The third-order valence-corrected chi connectivity index (χ3v) is 5.53. The van der Waals surface area contributed by atoms with Gasteiger partial charge in [0.1, 0.15) is 17.1 Å². The largest absolute Gasteiger partial charge is 0.497 e. The molecule has 4 rings (SSSR count). The molecule has 1 unspecified atom stereocenters. The number of nitrogens with zero attached hydrogens (tertiary/aromatic N) is 2. The number of methoxy groups -OCH3 is 1. The van der Waals surface area contributed by atoms with Crippen molar-refractivity contribution in [1.82, 2.24) is 9.80 Å². The summed E-state index contributed by atoms with van der Waals surface area (Å²) in [5.41, 5.74) is 1.36. The van der Waals surface area contributed by atoms with Crippen LogP contribution in [0.15, 0.2) is 51.7 Å². The van der Waals surface area contributed by atoms with Crippen LogP contribution in [0, 0.1) is 0 Å². The maximum Gasteiger partial charge on any atom is 0.290 e. The number of benzene rings is 2. The molecule has 0 N–H and O–H groups in total. The molecule has 0 saturated carbocycles. The number of likely N-dealkylation sites (N-methyl/N-ethyl adjacent to an activating group) is 1. The molecular weight excluding hydrogens is 408 g/mol. The van der Waals surface area contributed by atoms with Crippen molar-refractivity contribution in [3.05, 3.63) is 69.6 Å². The molecule has 0 bridgehead atoms. The molecule has 32 heavy (non-hydrogen) atoms. The highest BCUT2D eigenvalue weighted by atomic mass is 16.5. The first-order valence-electron chi connectivity index (χ1n) is 10.7. The highest BCUT2D eigenvalue weighted by Crippen LogP contribution is 2.38. The topological polar surface area (TPSA) is 72.2 Å². The normalized spacial score (nSPS) is 15.7. The number of fused-ring (bicyclic) bond motifs is 2. The average Bonchev–Trinajstić information content (AvgIpc) is 3.04. The monoisotopic (exact) mass is 436 g/mol. The molecule has 2 heterocycles. The summed E-state index contributed by atoms with van der Waals surface area (Å²) in [5.74, 6) is 1.12. The first-order valence-corrected chi connectivity index (χ1v) is 10.7. The SMILES string of the molecule is COc1ccc2c(=O)c3c(oc2c1)C(=O)N(CCN(C)C)C3c1ccc(OC(C)C)cc1. The van der Waals surface area contributed by atoms with E-state index in [1.165, 1.54) is 0 Å². The number of carbonyl (C=O) groups is 1. The minimum Gasteiger partial charge on any atom is -0.497 e. The molecule has 3 aromatic rings. The van der Waals surface area contributed by atoms with Crippen LogP contribution >= 0.6 is 0 Å². The Balaban J connectivity index is 1.85. The van der Waals surface area contributed by atoms with E-state index in [2.05, 4.69) is 0 Å². The van der Waals surface area contributed by atoms with Gasteiger partial charge in [-0.3, -0.25) is 9.59 Å². The Labute approximate surface area is 187 Å². The molecule has 0 spiro atoms. The van der Waals surface area contributed by atoms with Gasteiger partial charge in [0, 0.05) is 19.2 Å². The fourth-order valence-electron chi connectivity index (χ4n) is 4.01. The zero-order valence-corrected chi connectivity index (χ0v) is 19.0. The standard InChI is InChI=1S/C25H28N2O5/c1-15(2)31-17-8-6-16(7-9-17)22-21-23(28)19-11-10-18(30-5)14-20(19)32-24(21)25(29)27(22)13-12-26(3)4/h6-11,14-15,22H,12-13H2,1-5H3. The van der Waals surface area contributed by atoms with Crippen LogP contribution in [0.4, 0.5) is 0 Å². The number of rotatable bonds is 7. The number of amides is 1. The molecule has 0 aliphatic carbocycles. The minimum atomic E-state index is -0.520. The van der Waals surface area contributed by atoms with Gasteiger partial charge in [0.15, 0.2) is 5.43 Å². The van der Waals surface area contributed by atoms with E-state index in [-0.39, 0.29) is 23.2 Å². The molecule has 1 atom stereocenters. The molecule has 7 heteroatoms. The van der Waals surface area contributed by atoms with Crippen LogP contribution in [0.3, 0.4) is 0 Å². The number of ether oxygens (including phenoxy) is 2. The van der Waals surface area contributed by atoms with Crippen molar-refractivity contribution in [2.24, 2.45) is 0 Å². The fourth-order valence-corrected chi connectivity index (χ4v) is 4.01. The molecule has 0 fully saturated rings. The third kappa shape index (κ3) is 3.96. The van der Waals surface area contributed by atoms with Crippen LogP contribution in [0.1, 0.15) is 41.6 Å². The maximum atomic E-state index is 13.5. The van der Waals surface area contributed by atoms with Gasteiger partial charge in [-0.2, -0.15) is 0 Å². The van der Waals surface area contributed by atoms with Gasteiger partial charge in [-0.15, -0.1) is 0 Å². The highest BCUT2D eigenvalue weighted by Gasteiger charge is 2.42. The van der Waals surface area contributed by atoms with E-state index in [0.29, 0.717) is 35.4 Å². The van der Waals surface area contributed by atoms with E-state index >= 15 is 0 Å². The molecule has 0 radical (unpaired) electrons. The van der Waals surface area contributed by atoms with E-state index in [9.17, 15) is 9.59 Å². The first kappa shape index (κ1) is 21.9. The minimum absolute atomic E-state index is 0.0571. The Hall–Kier alpha value is -3.32. The zero-order valence-electron chi connectivity index (χ0n) is 19.0. The van der Waals surface area contributed by atoms with Gasteiger partial charge in [0.05, 0.1) is 30.2 Å². The van der Waals surface area contributed by atoms with Crippen molar-refractivity contribution in [1.29, 1.82) is 0 Å². The lowest BCUT2D eigenvalue weighted by molar-refractivity contribution is 0.0716. The predicted octanol–water partition coefficient (Wildman–Crippen LogP) is 3.70. The molecular formula is C25H28N2O5. The summed E-state index contributed by atoms with van der Waals surface area (Å²) in [7, 11) is 5.44. The molecule has 1 aliphatic heterocycles. The van der Waals surface area contributed by atoms with Crippen molar-refractivity contribution in [3.63, 3.8) is 0 Å². The van der Waals surface area contributed by atoms with Crippen LogP contribution < -0.4 is 14.9 Å². The predicted molar refractivity (Wildman–Crippen MR) is 123 cm³/mol. The molecule has 1 aromatic heterocycles. The summed E-state index contributed by atoms with van der Waals surface area (Å²) in [6, 6.07) is 12.1. The Morgan fingerprint density at radius 1 is 1.06 bits per heavy atom. The quantitative estimate of drug-likeness (QED) is 0.563. The third-order valence-electron chi connectivity index (χ3n) is 5.53. The number of carbonyl (C=O) groups excluding carboxylic acids is 1. The van der Waals surface area contributed by atoms with Gasteiger partial charge in [-0.05, 0) is 57.8 Å². The van der Waals surface area contributed by atoms with Crippen LogP contribution in [0.25, 0.3) is 11.0 Å². The van der Waals surface area contributed by atoms with Crippen molar-refractivity contribution in [2.45, 2.75) is 26.0 Å². The van der Waals surface area contributed by atoms with Crippen LogP contribution in [0.5, 0.6) is 11.5 Å². The average molecular weight is 437 g/mol. The second kappa shape index (κ2) is 8.67. The number of hydrogen-bond donors (Lipinski definition) is 0. The van der Waals surface area contributed by atoms with Gasteiger partial charge >= 0.3 is 0 Å². The smallest absolute Gasteiger partial charge is 0.290 e. The van der Waals surface area contributed by atoms with Crippen molar-refractivity contribution < 1.29 is 18.7 Å². The number of hydrogen-bond acceptors (Lipinski definition) is 6. The molecule has 7 nitrogen and oxygen atoms in total. The van der Waals surface area contributed by atoms with Gasteiger partial charge in [0.25, 0.3) is 5.91 Å². The van der Waals surface area contributed by atoms with Crippen molar-refractivity contribution >= 4 is 16.9 Å². The van der Waals surface area contributed by atoms with Gasteiger partial charge in [0.2, 0.25) is 5.76 Å². The summed E-state index contributed by atoms with van der Waals surface area (Å²) in [4.78, 5) is 30.6. The maximum absolute atomic E-state index is 13.5. The Morgan fingerprint density at radius 2 is 1.75 bits per heavy atom. The molecule has 0 saturated heterocycles. The van der Waals surface area contributed by atoms with Gasteiger partial charge < -0.3 is 23.7 Å². The van der Waals surface area contributed by atoms with Crippen LogP contribution in [0.2, 0.25) is 0 Å². The Bertz CT molecular complexity index is 1200. The van der Waals surface area contributed by atoms with E-state index in [4.69, 9.17) is 13.9 Å². The Kier molecular flexibility index (Phi) is 5.93. The second-order valence-electron chi connectivity index (χ2n) is 8.48. The Morgan fingerprint density at radius 3 is 2.38 bits per heavy atom. The van der Waals surface area contributed by atoms with Crippen LogP contribution in [-0.2, 0) is 0 Å². The summed E-state index contributed by atoms with van der Waals surface area (Å²) >= 11 is 0. The lowest BCUT2D eigenvalue weighted by Crippen LogP contribution is -2.35. The summed E-state index contributed by atoms with van der Waals surface area (Å²) in [5, 5.41) is 0.427. The fraction of sp³-hybridized carbons (Fsp3) is 0.360. The van der Waals surface area contributed by atoms with E-state index in [1.807, 2.05) is 57.1 Å². The molecule has 2 aromatic carbocycles. The van der Waals surface area contributed by atoms with Crippen molar-refractivity contribution in [2.75, 3.05) is 34.3 Å². The first-order chi connectivity index (χ1) is 15.3. The van der Waals surface area contributed by atoms with E-state index < -0.39 is 6.04 Å². The molecule has 168 valence electrons. The van der Waals surface area contributed by atoms with Crippen LogP contribution in [-0.4, -0.2) is 56.1 Å². The lowest BCUT2D eigenvalue weighted by atomic mass is 9.98. The van der Waals surface area contributed by atoms with Crippen molar-refractivity contribution in [3.8, 4) is 11.5 Å². The highest BCUT2D eigenvalue weighted by molar-refractivity contribution is 5.99. The van der Waals surface area contributed by atoms with Gasteiger partial charge in [-0.1, -0.05) is 12.1 Å². The molecule has 1 amide bonds. The van der Waals surface area contributed by atoms with E-state index in [1.54, 1.807) is 30.2 Å². The summed E-state index contributed by atoms with van der Waals surface area (Å²) in [6.45, 7) is 5.05. The zero-order chi connectivity index (χ0) is 23.0. The molecule has 1 aliphatic rings. The summed E-state index contributed by atoms with van der Waals surface area (Å²) < 4.78 is 17.0. The summed E-state index contributed by atoms with van der Waals surface area (Å²) in [6.07, 6.45) is 0.0571.